The Kier molecular flexibility index (Phi) is 13.8. The van der Waals surface area contributed by atoms with E-state index in [0.29, 0.717) is 56.0 Å². The molecule has 0 bridgehead atoms. The van der Waals surface area contributed by atoms with E-state index >= 15 is 9.59 Å². The maximum atomic E-state index is 15.3. The van der Waals surface area contributed by atoms with Crippen LogP contribution in [0.1, 0.15) is 186 Å². The van der Waals surface area contributed by atoms with Gasteiger partial charge in [0.15, 0.2) is 5.78 Å². The third-order valence-corrected chi connectivity index (χ3v) is 20.6. The molecule has 2 aromatic carbocycles. The molecule has 7 aliphatic rings. The summed E-state index contributed by atoms with van der Waals surface area (Å²) in [5.41, 5.74) is 12.1. The normalized spacial score (nSPS) is 37.9. The maximum absolute atomic E-state index is 15.3. The van der Waals surface area contributed by atoms with Crippen molar-refractivity contribution in [2.45, 2.75) is 207 Å². The molecule has 0 spiro atoms. The van der Waals surface area contributed by atoms with Gasteiger partial charge in [-0.15, -0.1) is 0 Å². The summed E-state index contributed by atoms with van der Waals surface area (Å²) in [6.07, 6.45) is 12.8. The lowest BCUT2D eigenvalue weighted by Gasteiger charge is -2.70. The largest absolute Gasteiger partial charge is 0.508 e. The number of carbonyl (C=O) groups excluding carboxylic acids is 2. The number of phenols is 1. The lowest BCUT2D eigenvalue weighted by Crippen LogP contribution is -2.69. The molecule has 7 N–H and O–H groups in total. The number of hydrogen-bond donors (Lipinski definition) is 6. The number of aliphatic hydroxyl groups excluding tert-OH is 2. The summed E-state index contributed by atoms with van der Waals surface area (Å²) >= 11 is 0. The number of nitrogens with one attached hydrogen (secondary N) is 2. The van der Waals surface area contributed by atoms with Gasteiger partial charge in [0.05, 0.1) is 17.8 Å². The predicted octanol–water partition coefficient (Wildman–Crippen LogP) is 10.7. The molecule has 9 heteroatoms. The lowest BCUT2D eigenvalue weighted by molar-refractivity contribution is -0.193. The van der Waals surface area contributed by atoms with Crippen LogP contribution in [0, 0.1) is 57.2 Å². The smallest absolute Gasteiger partial charge is 0.160 e. The molecule has 1 saturated heterocycles. The van der Waals surface area contributed by atoms with Gasteiger partial charge in [0.2, 0.25) is 0 Å². The SMILES string of the molecule is CNCc1cc(O)cc([C@@H]2C[C@@]3(C)[C@H]4CCC5=C([C@@H](C[C@@H](O)[C@H]6O[C@]6(C)[C@@H]6CCC[C@H]6c6cc(N)cc(CC(C)C)c6)C6CCCCC6)C(=O)C[C@]5(C)[C@@]4(C)C[C@H](NC[C@H](C)O)[C@H]3C(C)(C)C2=O)c1. The average Bonchev–Trinajstić information content (AvgIpc) is 3.57. The Morgan fingerprint density at radius 2 is 1.57 bits per heavy atom. The van der Waals surface area contributed by atoms with Gasteiger partial charge in [0.1, 0.15) is 17.6 Å². The number of aromatic hydroxyl groups is 1. The van der Waals surface area contributed by atoms with E-state index in [1.807, 2.05) is 20.0 Å². The third-order valence-electron chi connectivity index (χ3n) is 20.6. The van der Waals surface area contributed by atoms with Crippen molar-refractivity contribution in [1.82, 2.24) is 10.6 Å². The Morgan fingerprint density at radius 3 is 2.26 bits per heavy atom. The summed E-state index contributed by atoms with van der Waals surface area (Å²) in [4.78, 5) is 30.4. The summed E-state index contributed by atoms with van der Waals surface area (Å²) in [5.74, 6) is 2.03. The molecule has 1 heterocycles. The van der Waals surface area contributed by atoms with Gasteiger partial charge in [0.25, 0.3) is 0 Å². The highest BCUT2D eigenvalue weighted by molar-refractivity contribution is 6.01. The molecule has 6 fully saturated rings. The number of carbonyl (C=O) groups is 2. The molecule has 9 nitrogen and oxygen atoms in total. The molecule has 9 rings (SSSR count). The van der Waals surface area contributed by atoms with Crippen LogP contribution < -0.4 is 16.4 Å². The Hall–Kier alpha value is -3.08. The van der Waals surface area contributed by atoms with E-state index in [9.17, 15) is 15.3 Å². The van der Waals surface area contributed by atoms with Gasteiger partial charge >= 0.3 is 0 Å². The monoisotopic (exact) mass is 948 g/mol. The van der Waals surface area contributed by atoms with Gasteiger partial charge in [-0.3, -0.25) is 9.59 Å². The van der Waals surface area contributed by atoms with E-state index in [4.69, 9.17) is 10.5 Å². The van der Waals surface area contributed by atoms with Gasteiger partial charge in [0, 0.05) is 48.0 Å². The van der Waals surface area contributed by atoms with Crippen molar-refractivity contribution in [3.05, 3.63) is 69.8 Å². The minimum atomic E-state index is -0.692. The molecule has 0 amide bonds. The van der Waals surface area contributed by atoms with Crippen molar-refractivity contribution in [3.63, 3.8) is 0 Å². The van der Waals surface area contributed by atoms with E-state index < -0.39 is 28.6 Å². The van der Waals surface area contributed by atoms with Crippen LogP contribution in [0.5, 0.6) is 5.75 Å². The Labute approximate surface area is 415 Å². The van der Waals surface area contributed by atoms with Crippen LogP contribution in [-0.4, -0.2) is 70.4 Å². The second kappa shape index (κ2) is 18.8. The minimum absolute atomic E-state index is 0.00385. The van der Waals surface area contributed by atoms with Gasteiger partial charge in [-0.2, -0.15) is 0 Å². The zero-order valence-corrected chi connectivity index (χ0v) is 44.1. The van der Waals surface area contributed by atoms with Crippen LogP contribution in [0.4, 0.5) is 5.69 Å². The van der Waals surface area contributed by atoms with Crippen molar-refractivity contribution >= 4 is 17.3 Å². The summed E-state index contributed by atoms with van der Waals surface area (Å²) in [7, 11) is 1.90. The minimum Gasteiger partial charge on any atom is -0.508 e. The molecule has 69 heavy (non-hydrogen) atoms. The Balaban J connectivity index is 1.05. The molecular formula is C60H89N3O6. The van der Waals surface area contributed by atoms with Gasteiger partial charge < -0.3 is 36.4 Å². The number of phenolic OH excluding ortho intramolecular Hbond substituents is 1. The Morgan fingerprint density at radius 1 is 0.841 bits per heavy atom. The highest BCUT2D eigenvalue weighted by atomic mass is 16.6. The number of rotatable bonds is 15. The van der Waals surface area contributed by atoms with Crippen molar-refractivity contribution in [1.29, 1.82) is 0 Å². The van der Waals surface area contributed by atoms with E-state index in [1.165, 1.54) is 23.1 Å². The number of hydrogen-bond acceptors (Lipinski definition) is 9. The zero-order chi connectivity index (χ0) is 49.6. The van der Waals surface area contributed by atoms with Crippen molar-refractivity contribution in [2.24, 2.45) is 57.2 Å². The molecular weight excluding hydrogens is 859 g/mol. The van der Waals surface area contributed by atoms with Crippen LogP contribution >= 0.6 is 0 Å². The van der Waals surface area contributed by atoms with Crippen LogP contribution in [0.3, 0.4) is 0 Å². The first-order valence-electron chi connectivity index (χ1n) is 27.5. The highest BCUT2D eigenvalue weighted by Gasteiger charge is 2.72. The molecule has 0 aromatic heterocycles. The molecule has 0 radical (unpaired) electrons. The first-order chi connectivity index (χ1) is 32.5. The van der Waals surface area contributed by atoms with E-state index in [0.717, 1.165) is 93.0 Å². The fraction of sp³-hybridized carbons (Fsp3) is 0.733. The molecule has 5 saturated carbocycles. The number of anilines is 1. The highest BCUT2D eigenvalue weighted by Crippen LogP contribution is 2.75. The molecule has 14 atom stereocenters. The summed E-state index contributed by atoms with van der Waals surface area (Å²) in [6.45, 7) is 21.2. The number of benzene rings is 2. The van der Waals surface area contributed by atoms with Crippen LogP contribution in [-0.2, 0) is 27.3 Å². The van der Waals surface area contributed by atoms with Gasteiger partial charge in [-0.25, -0.2) is 0 Å². The van der Waals surface area contributed by atoms with E-state index in [2.05, 4.69) is 90.3 Å². The number of Topliss-reactive ketones (excluding diaryl/α,β-unsaturated/α-hetero) is 2. The lowest BCUT2D eigenvalue weighted by atomic mass is 9.34. The zero-order valence-electron chi connectivity index (χ0n) is 44.1. The number of ether oxygens (including phenoxy) is 1. The summed E-state index contributed by atoms with van der Waals surface area (Å²) in [6, 6.07) is 12.3. The van der Waals surface area contributed by atoms with Gasteiger partial charge in [-0.1, -0.05) is 91.9 Å². The third kappa shape index (κ3) is 8.80. The topological polar surface area (TPSA) is 157 Å². The summed E-state index contributed by atoms with van der Waals surface area (Å²) < 4.78 is 6.77. The fourth-order valence-electron chi connectivity index (χ4n) is 17.8. The van der Waals surface area contributed by atoms with Crippen molar-refractivity contribution < 1.29 is 29.6 Å². The first-order valence-corrected chi connectivity index (χ1v) is 27.5. The van der Waals surface area contributed by atoms with E-state index in [1.54, 1.807) is 6.07 Å². The van der Waals surface area contributed by atoms with Crippen LogP contribution in [0.25, 0.3) is 0 Å². The molecule has 380 valence electrons. The molecule has 1 aliphatic heterocycles. The number of ketones is 2. The fourth-order valence-corrected chi connectivity index (χ4v) is 17.8. The number of allylic oxidation sites excluding steroid dienone is 2. The maximum Gasteiger partial charge on any atom is 0.160 e. The average molecular weight is 948 g/mol. The molecule has 0 unspecified atom stereocenters. The second-order valence-electron chi connectivity index (χ2n) is 26.0. The molecule has 2 aromatic rings. The van der Waals surface area contributed by atoms with Gasteiger partial charge in [-0.05, 0) is 189 Å². The second-order valence-corrected chi connectivity index (χ2v) is 26.0. The van der Waals surface area contributed by atoms with E-state index in [-0.39, 0.29) is 64.0 Å². The first kappa shape index (κ1) is 50.8. The van der Waals surface area contributed by atoms with Crippen LogP contribution in [0.15, 0.2) is 47.5 Å². The number of nitrogen functional groups attached to an aromatic ring is 1. The number of aliphatic hydroxyl groups is 2. The Bertz CT molecular complexity index is 2300. The number of fused-ring (bicyclic) bond motifs is 5. The predicted molar refractivity (Wildman–Crippen MR) is 276 cm³/mol. The van der Waals surface area contributed by atoms with Crippen LogP contribution in [0.2, 0.25) is 0 Å². The number of epoxide rings is 1. The quantitative estimate of drug-likeness (QED) is 0.0755. The van der Waals surface area contributed by atoms with Crippen molar-refractivity contribution in [3.8, 4) is 5.75 Å². The summed E-state index contributed by atoms with van der Waals surface area (Å²) in [5, 5.41) is 41.4. The van der Waals surface area contributed by atoms with Crippen molar-refractivity contribution in [2.75, 3.05) is 19.3 Å². The molecule has 6 aliphatic carbocycles. The standard InChI is InChI=1S/C60H89N3O6/c1-34(2)21-36-22-39(26-41(61)24-36)43-17-14-18-46(43)60(9)55(69-60)49(66)28-44(38-15-12-11-13-16-38)52-47-19-20-51-57(6)29-45(40-23-37(33-62-10)25-42(65)27-40)54(68)56(4,5)53(57)48(63-32-35(3)64)30-59(51,8)58(47,7)31-50(52)67/h22-27,34-35,38,43-46,48-49,51,53,55,62-66H,11-21,28-33,61H2,1-10H3/t35-,43-,44-,45-,46+,48-,49+,51+,53-,55+,57-,58-,59-,60+/m0/s1. The number of nitrogens with two attached hydrogens (primary N) is 1.